The number of hydrogen-bond acceptors (Lipinski definition) is 2. The normalized spacial score (nSPS) is 23.4. The van der Waals surface area contributed by atoms with Crippen LogP contribution in [0.15, 0.2) is 30.3 Å². The van der Waals surface area contributed by atoms with Crippen LogP contribution in [0, 0.1) is 5.92 Å². The van der Waals surface area contributed by atoms with Gasteiger partial charge in [-0.15, -0.1) is 0 Å². The molecule has 0 heterocycles. The van der Waals surface area contributed by atoms with E-state index >= 15 is 0 Å². The number of benzene rings is 1. The summed E-state index contributed by atoms with van der Waals surface area (Å²) in [7, 11) is 0. The van der Waals surface area contributed by atoms with E-state index in [1.165, 1.54) is 12.8 Å². The molecule has 2 rings (SSSR count). The Morgan fingerprint density at radius 2 is 2.12 bits per heavy atom. The van der Waals surface area contributed by atoms with Crippen LogP contribution in [-0.2, 0) is 11.3 Å². The number of carbonyl (C=O) groups excluding carboxylic acids is 1. The third kappa shape index (κ3) is 3.48. The number of carbonyl (C=O) groups is 1. The molecule has 1 fully saturated rings. The molecule has 1 saturated carbocycles. The van der Waals surface area contributed by atoms with Crippen molar-refractivity contribution in [2.24, 2.45) is 5.92 Å². The van der Waals surface area contributed by atoms with Gasteiger partial charge in [-0.1, -0.05) is 43.7 Å². The molecule has 1 aromatic carbocycles. The molecule has 1 aliphatic carbocycles. The monoisotopic (exact) mass is 233 g/mol. The number of alkyl carbamates (subject to hydrolysis) is 1. The zero-order chi connectivity index (χ0) is 12.1. The Morgan fingerprint density at radius 3 is 2.76 bits per heavy atom. The second-order valence-corrected chi connectivity index (χ2v) is 4.72. The van der Waals surface area contributed by atoms with Crippen molar-refractivity contribution in [3.8, 4) is 0 Å². The van der Waals surface area contributed by atoms with E-state index in [0.29, 0.717) is 18.6 Å². The van der Waals surface area contributed by atoms with E-state index in [1.807, 2.05) is 30.3 Å². The molecule has 1 N–H and O–H groups in total. The molecule has 17 heavy (non-hydrogen) atoms. The zero-order valence-electron chi connectivity index (χ0n) is 10.2. The van der Waals surface area contributed by atoms with Crippen LogP contribution in [-0.4, -0.2) is 12.1 Å². The lowest BCUT2D eigenvalue weighted by Crippen LogP contribution is -2.36. The lowest BCUT2D eigenvalue weighted by molar-refractivity contribution is 0.133. The summed E-state index contributed by atoms with van der Waals surface area (Å²) in [5.41, 5.74) is 1.02. The van der Waals surface area contributed by atoms with Crippen molar-refractivity contribution in [1.82, 2.24) is 5.32 Å². The smallest absolute Gasteiger partial charge is 0.407 e. The van der Waals surface area contributed by atoms with E-state index in [0.717, 1.165) is 12.0 Å². The summed E-state index contributed by atoms with van der Waals surface area (Å²) in [6.07, 6.45) is 3.17. The third-order valence-corrected chi connectivity index (χ3v) is 3.38. The first-order valence-corrected chi connectivity index (χ1v) is 6.23. The van der Waals surface area contributed by atoms with E-state index < -0.39 is 0 Å². The predicted molar refractivity (Wildman–Crippen MR) is 66.6 cm³/mol. The topological polar surface area (TPSA) is 38.3 Å². The van der Waals surface area contributed by atoms with Crippen molar-refractivity contribution in [3.05, 3.63) is 35.9 Å². The molecule has 0 aliphatic heterocycles. The molecule has 0 saturated heterocycles. The maximum absolute atomic E-state index is 11.6. The Balaban J connectivity index is 1.74. The quantitative estimate of drug-likeness (QED) is 0.871. The summed E-state index contributed by atoms with van der Waals surface area (Å²) in [5, 5.41) is 2.94. The number of ether oxygens (including phenoxy) is 1. The minimum Gasteiger partial charge on any atom is -0.445 e. The van der Waals surface area contributed by atoms with Gasteiger partial charge in [-0.2, -0.15) is 0 Å². The fourth-order valence-corrected chi connectivity index (χ4v) is 2.28. The van der Waals surface area contributed by atoms with Crippen LogP contribution < -0.4 is 5.32 Å². The van der Waals surface area contributed by atoms with Crippen LogP contribution in [0.4, 0.5) is 4.79 Å². The van der Waals surface area contributed by atoms with E-state index in [4.69, 9.17) is 4.74 Å². The van der Waals surface area contributed by atoms with E-state index in [9.17, 15) is 4.79 Å². The Bertz CT molecular complexity index is 364. The molecule has 0 radical (unpaired) electrons. The fourth-order valence-electron chi connectivity index (χ4n) is 2.28. The van der Waals surface area contributed by atoms with Crippen molar-refractivity contribution in [1.29, 1.82) is 0 Å². The van der Waals surface area contributed by atoms with Gasteiger partial charge in [0.05, 0.1) is 0 Å². The molecular weight excluding hydrogens is 214 g/mol. The fraction of sp³-hybridized carbons (Fsp3) is 0.500. The van der Waals surface area contributed by atoms with Crippen LogP contribution in [0.2, 0.25) is 0 Å². The summed E-state index contributed by atoms with van der Waals surface area (Å²) in [6.45, 7) is 2.52. The van der Waals surface area contributed by atoms with Crippen molar-refractivity contribution >= 4 is 6.09 Å². The van der Waals surface area contributed by atoms with Gasteiger partial charge in [-0.25, -0.2) is 4.79 Å². The summed E-state index contributed by atoms with van der Waals surface area (Å²) in [4.78, 5) is 11.6. The SMILES string of the molecule is C[C@H]1CCC[C@H]1NC(=O)OCc1ccccc1. The Kier molecular flexibility index (Phi) is 4.02. The maximum Gasteiger partial charge on any atom is 0.407 e. The standard InChI is InChI=1S/C14H19NO2/c1-11-6-5-9-13(11)15-14(16)17-10-12-7-3-2-4-8-12/h2-4,7-8,11,13H,5-6,9-10H2,1H3,(H,15,16)/t11-,13+/m0/s1. The zero-order valence-corrected chi connectivity index (χ0v) is 10.2. The molecule has 0 bridgehead atoms. The van der Waals surface area contributed by atoms with Crippen LogP contribution in [0.25, 0.3) is 0 Å². The van der Waals surface area contributed by atoms with Gasteiger partial charge in [0.2, 0.25) is 0 Å². The molecule has 1 amide bonds. The van der Waals surface area contributed by atoms with Gasteiger partial charge in [-0.3, -0.25) is 0 Å². The van der Waals surface area contributed by atoms with E-state index in [-0.39, 0.29) is 6.09 Å². The van der Waals surface area contributed by atoms with Gasteiger partial charge < -0.3 is 10.1 Å². The highest BCUT2D eigenvalue weighted by atomic mass is 16.5. The first-order chi connectivity index (χ1) is 8.25. The van der Waals surface area contributed by atoms with Crippen molar-refractivity contribution in [2.45, 2.75) is 38.8 Å². The van der Waals surface area contributed by atoms with Crippen molar-refractivity contribution < 1.29 is 9.53 Å². The van der Waals surface area contributed by atoms with Gasteiger partial charge in [0, 0.05) is 6.04 Å². The molecule has 3 heteroatoms. The first kappa shape index (κ1) is 12.0. The van der Waals surface area contributed by atoms with Crippen LogP contribution in [0.3, 0.4) is 0 Å². The van der Waals surface area contributed by atoms with Gasteiger partial charge in [0.25, 0.3) is 0 Å². The maximum atomic E-state index is 11.6. The largest absolute Gasteiger partial charge is 0.445 e. The van der Waals surface area contributed by atoms with E-state index in [2.05, 4.69) is 12.2 Å². The van der Waals surface area contributed by atoms with Gasteiger partial charge >= 0.3 is 6.09 Å². The van der Waals surface area contributed by atoms with Crippen LogP contribution >= 0.6 is 0 Å². The Labute approximate surface area is 102 Å². The average Bonchev–Trinajstić information content (AvgIpc) is 2.74. The lowest BCUT2D eigenvalue weighted by atomic mass is 10.1. The van der Waals surface area contributed by atoms with Gasteiger partial charge in [0.1, 0.15) is 6.61 Å². The molecule has 0 aromatic heterocycles. The molecule has 1 aliphatic rings. The van der Waals surface area contributed by atoms with Crippen LogP contribution in [0.5, 0.6) is 0 Å². The summed E-state index contributed by atoms with van der Waals surface area (Å²) >= 11 is 0. The summed E-state index contributed by atoms with van der Waals surface area (Å²) in [6, 6.07) is 10.0. The Hall–Kier alpha value is -1.51. The minimum absolute atomic E-state index is 0.290. The van der Waals surface area contributed by atoms with Crippen LogP contribution in [0.1, 0.15) is 31.7 Å². The number of nitrogens with one attached hydrogen (secondary N) is 1. The molecule has 1 aromatic rings. The second kappa shape index (κ2) is 5.71. The number of amides is 1. The van der Waals surface area contributed by atoms with Crippen molar-refractivity contribution in [3.63, 3.8) is 0 Å². The highest BCUT2D eigenvalue weighted by Gasteiger charge is 2.25. The van der Waals surface area contributed by atoms with E-state index in [1.54, 1.807) is 0 Å². The van der Waals surface area contributed by atoms with Gasteiger partial charge in [0.15, 0.2) is 0 Å². The lowest BCUT2D eigenvalue weighted by Gasteiger charge is -2.16. The highest BCUT2D eigenvalue weighted by Crippen LogP contribution is 2.24. The summed E-state index contributed by atoms with van der Waals surface area (Å²) < 4.78 is 5.19. The molecule has 0 unspecified atom stereocenters. The van der Waals surface area contributed by atoms with Gasteiger partial charge in [-0.05, 0) is 24.3 Å². The molecule has 2 atom stereocenters. The second-order valence-electron chi connectivity index (χ2n) is 4.72. The first-order valence-electron chi connectivity index (χ1n) is 6.23. The Morgan fingerprint density at radius 1 is 1.35 bits per heavy atom. The predicted octanol–water partition coefficient (Wildman–Crippen LogP) is 3.10. The molecular formula is C14H19NO2. The number of hydrogen-bond donors (Lipinski definition) is 1. The average molecular weight is 233 g/mol. The molecule has 92 valence electrons. The molecule has 3 nitrogen and oxygen atoms in total. The molecule has 0 spiro atoms. The van der Waals surface area contributed by atoms with Crippen molar-refractivity contribution in [2.75, 3.05) is 0 Å². The highest BCUT2D eigenvalue weighted by molar-refractivity contribution is 5.67. The third-order valence-electron chi connectivity index (χ3n) is 3.38. The number of rotatable bonds is 3. The summed E-state index contributed by atoms with van der Waals surface area (Å²) in [5.74, 6) is 0.569. The minimum atomic E-state index is -0.299.